The average Bonchev–Trinajstić information content (AvgIpc) is 3.02. The summed E-state index contributed by atoms with van der Waals surface area (Å²) in [4.78, 5) is 12.0. The Kier molecular flexibility index (Phi) is 3.83. The molecule has 4 saturated carbocycles. The van der Waals surface area contributed by atoms with Crippen molar-refractivity contribution in [2.24, 2.45) is 23.2 Å². The normalized spacial score (nSPS) is 36.1. The third-order valence-corrected chi connectivity index (χ3v) is 6.24. The Morgan fingerprint density at radius 2 is 1.91 bits per heavy atom. The molecule has 7 nitrogen and oxygen atoms in total. The highest BCUT2D eigenvalue weighted by atomic mass is 16.3. The maximum atomic E-state index is 12.0. The highest BCUT2D eigenvalue weighted by Gasteiger charge is 2.53. The van der Waals surface area contributed by atoms with Gasteiger partial charge in [-0.05, 0) is 72.1 Å². The standard InChI is InChI=1S/C16H25N5O2/c22-14(9-17-15(23)1-2-21-10-18-19-20-21)16-6-11-3-12(7-16)5-13(4-11)8-16/h10-14,22H,1-9H2,(H,17,23)/t11?,12?,13?,14-,16?/m1/s1. The first kappa shape index (κ1) is 15.1. The van der Waals surface area contributed by atoms with Crippen molar-refractivity contribution in [3.05, 3.63) is 6.33 Å². The number of amides is 1. The second-order valence-corrected chi connectivity index (χ2v) is 7.92. The van der Waals surface area contributed by atoms with E-state index in [2.05, 4.69) is 20.8 Å². The zero-order valence-corrected chi connectivity index (χ0v) is 13.4. The van der Waals surface area contributed by atoms with Gasteiger partial charge in [0, 0.05) is 13.0 Å². The molecule has 4 bridgehead atoms. The molecule has 126 valence electrons. The number of nitrogens with zero attached hydrogens (tertiary/aromatic N) is 4. The second-order valence-electron chi connectivity index (χ2n) is 7.92. The van der Waals surface area contributed by atoms with Gasteiger partial charge in [0.25, 0.3) is 0 Å². The lowest BCUT2D eigenvalue weighted by Gasteiger charge is -2.58. The molecule has 1 heterocycles. The molecule has 1 aromatic heterocycles. The molecule has 4 aliphatic carbocycles. The van der Waals surface area contributed by atoms with Crippen LogP contribution in [0.4, 0.5) is 0 Å². The van der Waals surface area contributed by atoms with E-state index < -0.39 is 6.10 Å². The lowest BCUT2D eigenvalue weighted by Crippen LogP contribution is -2.54. The maximum absolute atomic E-state index is 12.0. The molecule has 5 rings (SSSR count). The largest absolute Gasteiger partial charge is 0.391 e. The molecule has 2 N–H and O–H groups in total. The third-order valence-electron chi connectivity index (χ3n) is 6.24. The summed E-state index contributed by atoms with van der Waals surface area (Å²) in [6.07, 6.45) is 8.98. The Morgan fingerprint density at radius 1 is 1.26 bits per heavy atom. The van der Waals surface area contributed by atoms with Crippen LogP contribution in [0.3, 0.4) is 0 Å². The number of aliphatic hydroxyl groups excluding tert-OH is 1. The Morgan fingerprint density at radius 3 is 2.48 bits per heavy atom. The van der Waals surface area contributed by atoms with Crippen molar-refractivity contribution < 1.29 is 9.90 Å². The van der Waals surface area contributed by atoms with Crippen molar-refractivity contribution >= 4 is 5.91 Å². The minimum Gasteiger partial charge on any atom is -0.391 e. The first-order valence-corrected chi connectivity index (χ1v) is 8.78. The number of aliphatic hydroxyl groups is 1. The lowest BCUT2D eigenvalue weighted by molar-refractivity contribution is -0.129. The summed E-state index contributed by atoms with van der Waals surface area (Å²) in [7, 11) is 0. The maximum Gasteiger partial charge on any atom is 0.221 e. The van der Waals surface area contributed by atoms with E-state index in [1.54, 1.807) is 0 Å². The van der Waals surface area contributed by atoms with Crippen LogP contribution >= 0.6 is 0 Å². The van der Waals surface area contributed by atoms with Crippen molar-refractivity contribution in [1.82, 2.24) is 25.5 Å². The minimum absolute atomic E-state index is 0.0516. The second kappa shape index (κ2) is 5.85. The Hall–Kier alpha value is -1.50. The molecular weight excluding hydrogens is 294 g/mol. The van der Waals surface area contributed by atoms with Crippen LogP contribution in [0.2, 0.25) is 0 Å². The van der Waals surface area contributed by atoms with E-state index in [0.29, 0.717) is 19.5 Å². The molecule has 4 fully saturated rings. The van der Waals surface area contributed by atoms with E-state index in [9.17, 15) is 9.90 Å². The van der Waals surface area contributed by atoms with Crippen LogP contribution < -0.4 is 5.32 Å². The number of rotatable bonds is 6. The summed E-state index contributed by atoms with van der Waals surface area (Å²) < 4.78 is 1.54. The van der Waals surface area contributed by atoms with E-state index in [0.717, 1.165) is 37.0 Å². The van der Waals surface area contributed by atoms with Crippen molar-refractivity contribution in [2.75, 3.05) is 6.54 Å². The lowest BCUT2D eigenvalue weighted by atomic mass is 9.48. The molecule has 1 aromatic rings. The third kappa shape index (κ3) is 2.98. The van der Waals surface area contributed by atoms with E-state index in [1.807, 2.05) is 0 Å². The van der Waals surface area contributed by atoms with Gasteiger partial charge < -0.3 is 10.4 Å². The van der Waals surface area contributed by atoms with Crippen molar-refractivity contribution in [3.63, 3.8) is 0 Å². The van der Waals surface area contributed by atoms with Crippen LogP contribution in [0.15, 0.2) is 6.33 Å². The molecule has 0 radical (unpaired) electrons. The number of tetrazole rings is 1. The number of nitrogens with one attached hydrogen (secondary N) is 1. The molecular formula is C16H25N5O2. The van der Waals surface area contributed by atoms with Crippen LogP contribution in [-0.4, -0.2) is 43.9 Å². The number of aryl methyl sites for hydroxylation is 1. The van der Waals surface area contributed by atoms with Crippen molar-refractivity contribution in [2.45, 2.75) is 57.6 Å². The van der Waals surface area contributed by atoms with Crippen molar-refractivity contribution in [1.29, 1.82) is 0 Å². The topological polar surface area (TPSA) is 92.9 Å². The fourth-order valence-electron chi connectivity index (χ4n) is 5.60. The molecule has 7 heteroatoms. The summed E-state index contributed by atoms with van der Waals surface area (Å²) in [5.41, 5.74) is 0.0673. The fraction of sp³-hybridized carbons (Fsp3) is 0.875. The molecule has 4 aliphatic rings. The first-order valence-electron chi connectivity index (χ1n) is 8.78. The van der Waals surface area contributed by atoms with Gasteiger partial charge in [-0.25, -0.2) is 4.68 Å². The Labute approximate surface area is 135 Å². The van der Waals surface area contributed by atoms with Gasteiger partial charge in [-0.15, -0.1) is 5.10 Å². The van der Waals surface area contributed by atoms with Gasteiger partial charge >= 0.3 is 0 Å². The summed E-state index contributed by atoms with van der Waals surface area (Å²) in [6.45, 7) is 0.840. The smallest absolute Gasteiger partial charge is 0.221 e. The molecule has 0 saturated heterocycles. The van der Waals surface area contributed by atoms with E-state index >= 15 is 0 Å². The van der Waals surface area contributed by atoms with Crippen LogP contribution in [0.5, 0.6) is 0 Å². The summed E-state index contributed by atoms with van der Waals surface area (Å²) >= 11 is 0. The highest BCUT2D eigenvalue weighted by molar-refractivity contribution is 5.75. The SMILES string of the molecule is O=C(CCn1cnnn1)NC[C@@H](O)C12CC3CC(CC(C3)C1)C2. The summed E-state index contributed by atoms with van der Waals surface area (Å²) in [6, 6.07) is 0. The fourth-order valence-corrected chi connectivity index (χ4v) is 5.60. The monoisotopic (exact) mass is 319 g/mol. The van der Waals surface area contributed by atoms with Crippen LogP contribution in [-0.2, 0) is 11.3 Å². The number of aromatic nitrogens is 4. The molecule has 0 unspecified atom stereocenters. The number of carbonyl (C=O) groups excluding carboxylic acids is 1. The highest BCUT2D eigenvalue weighted by Crippen LogP contribution is 2.61. The molecule has 0 aliphatic heterocycles. The molecule has 1 amide bonds. The molecule has 1 atom stereocenters. The molecule has 23 heavy (non-hydrogen) atoms. The van der Waals surface area contributed by atoms with Gasteiger partial charge in [-0.3, -0.25) is 4.79 Å². The molecule has 0 spiro atoms. The first-order chi connectivity index (χ1) is 11.1. The number of carbonyl (C=O) groups is 1. The quantitative estimate of drug-likeness (QED) is 0.807. The van der Waals surface area contributed by atoms with Crippen LogP contribution in [0, 0.1) is 23.2 Å². The minimum atomic E-state index is -0.409. The molecule has 0 aromatic carbocycles. The van der Waals surface area contributed by atoms with Gasteiger partial charge in [0.1, 0.15) is 6.33 Å². The van der Waals surface area contributed by atoms with Gasteiger partial charge in [-0.2, -0.15) is 0 Å². The van der Waals surface area contributed by atoms with E-state index in [1.165, 1.54) is 30.3 Å². The van der Waals surface area contributed by atoms with Crippen LogP contribution in [0.1, 0.15) is 44.9 Å². The Balaban J connectivity index is 1.28. The van der Waals surface area contributed by atoms with E-state index in [4.69, 9.17) is 0 Å². The Bertz CT molecular complexity index is 524. The number of hydrogen-bond acceptors (Lipinski definition) is 5. The van der Waals surface area contributed by atoms with Gasteiger partial charge in [-0.1, -0.05) is 0 Å². The van der Waals surface area contributed by atoms with Crippen molar-refractivity contribution in [3.8, 4) is 0 Å². The van der Waals surface area contributed by atoms with Gasteiger partial charge in [0.2, 0.25) is 5.91 Å². The van der Waals surface area contributed by atoms with Gasteiger partial charge in [0.05, 0.1) is 12.6 Å². The zero-order chi connectivity index (χ0) is 15.9. The zero-order valence-electron chi connectivity index (χ0n) is 13.4. The summed E-state index contributed by atoms with van der Waals surface area (Å²) in [5, 5.41) is 24.5. The predicted molar refractivity (Wildman–Crippen MR) is 82.1 cm³/mol. The average molecular weight is 319 g/mol. The van der Waals surface area contributed by atoms with Gasteiger partial charge in [0.15, 0.2) is 0 Å². The number of hydrogen-bond donors (Lipinski definition) is 2. The predicted octanol–water partition coefficient (Wildman–Crippen LogP) is 0.757. The summed E-state index contributed by atoms with van der Waals surface area (Å²) in [5.74, 6) is 2.38. The van der Waals surface area contributed by atoms with Crippen LogP contribution in [0.25, 0.3) is 0 Å². The van der Waals surface area contributed by atoms with E-state index in [-0.39, 0.29) is 11.3 Å².